The Morgan fingerprint density at radius 1 is 1.11 bits per heavy atom. The minimum Gasteiger partial charge on any atom is -0.322 e. The zero-order valence-corrected chi connectivity index (χ0v) is 25.6. The molecule has 3 N–H and O–H groups in total. The molecule has 1 saturated carbocycles. The first-order valence-corrected chi connectivity index (χ1v) is 14.5. The van der Waals surface area contributed by atoms with E-state index in [0.717, 1.165) is 73.4 Å². The van der Waals surface area contributed by atoms with Gasteiger partial charge < -0.3 is 15.2 Å². The van der Waals surface area contributed by atoms with Crippen LogP contribution in [-0.2, 0) is 4.79 Å². The Kier molecular flexibility index (Phi) is 14.3. The second-order valence-electron chi connectivity index (χ2n) is 11.1. The second-order valence-corrected chi connectivity index (χ2v) is 12.1. The van der Waals surface area contributed by atoms with Crippen molar-refractivity contribution in [2.45, 2.75) is 88.0 Å². The molecule has 0 bridgehead atoms. The number of ketones is 1. The number of Topliss-reactive ketones (excluding diaryl/α,β-unsaturated/α-hetero) is 1. The van der Waals surface area contributed by atoms with E-state index >= 15 is 0 Å². The van der Waals surface area contributed by atoms with E-state index in [1.165, 1.54) is 24.6 Å². The first kappa shape index (κ1) is 32.6. The largest absolute Gasteiger partial charge is 0.322 e. The van der Waals surface area contributed by atoms with Crippen LogP contribution in [0.2, 0.25) is 0 Å². The molecule has 2 fully saturated rings. The summed E-state index contributed by atoms with van der Waals surface area (Å²) in [4.78, 5) is 22.2. The number of thioether (sulfide) groups is 1. The Balaban J connectivity index is 0.000000609. The molecule has 6 nitrogen and oxygen atoms in total. The number of piperazine rings is 1. The quantitative estimate of drug-likeness (QED) is 0.239. The minimum atomic E-state index is 0.00529. The average molecular weight is 520 g/mol. The van der Waals surface area contributed by atoms with Crippen molar-refractivity contribution in [2.24, 2.45) is 22.2 Å². The Hall–Kier alpha value is -1.41. The maximum absolute atomic E-state index is 11.9. The number of hydrogen-bond donors (Lipinski definition) is 2. The molecule has 3 rings (SSSR count). The van der Waals surface area contributed by atoms with Crippen LogP contribution >= 0.6 is 11.8 Å². The Morgan fingerprint density at radius 3 is 2.11 bits per heavy atom. The number of nitrogens with one attached hydrogen (secondary N) is 1. The van der Waals surface area contributed by atoms with Crippen LogP contribution in [0.1, 0.15) is 88.0 Å². The monoisotopic (exact) mass is 519 g/mol. The van der Waals surface area contributed by atoms with Crippen LogP contribution in [0.4, 0.5) is 0 Å². The van der Waals surface area contributed by atoms with Crippen molar-refractivity contribution in [3.8, 4) is 0 Å². The molecule has 3 aliphatic rings. The fourth-order valence-electron chi connectivity index (χ4n) is 4.20. The summed E-state index contributed by atoms with van der Waals surface area (Å²) in [6, 6.07) is 0. The van der Waals surface area contributed by atoms with E-state index in [-0.39, 0.29) is 5.78 Å². The molecule has 36 heavy (non-hydrogen) atoms. The van der Waals surface area contributed by atoms with Crippen LogP contribution in [0.15, 0.2) is 38.5 Å². The van der Waals surface area contributed by atoms with Gasteiger partial charge in [0.05, 0.1) is 10.6 Å². The SMILES string of the molecule is CC.CC(=O)C1=C(NN)C(=C(C)C)C(=N/C(C)=C/CCCN2CCN(C)CC2)S1.CC(C)(C)C1CC1. The zero-order chi connectivity index (χ0) is 27.5. The van der Waals surface area contributed by atoms with Crippen molar-refractivity contribution in [2.75, 3.05) is 39.8 Å². The van der Waals surface area contributed by atoms with Crippen molar-refractivity contribution < 1.29 is 4.79 Å². The van der Waals surface area contributed by atoms with E-state index in [1.807, 2.05) is 34.6 Å². The van der Waals surface area contributed by atoms with E-state index in [4.69, 9.17) is 10.8 Å². The van der Waals surface area contributed by atoms with Crippen molar-refractivity contribution in [3.05, 3.63) is 33.5 Å². The topological polar surface area (TPSA) is 74.0 Å². The molecule has 0 radical (unpaired) electrons. The fourth-order valence-corrected chi connectivity index (χ4v) is 5.40. The molecule has 206 valence electrons. The van der Waals surface area contributed by atoms with Gasteiger partial charge in [0.25, 0.3) is 0 Å². The number of aliphatic imine (C=N–C) groups is 1. The van der Waals surface area contributed by atoms with Crippen LogP contribution in [0.25, 0.3) is 0 Å². The summed E-state index contributed by atoms with van der Waals surface area (Å²) in [5.41, 5.74) is 7.01. The number of carbonyl (C=O) groups is 1. The van der Waals surface area contributed by atoms with Gasteiger partial charge in [-0.25, -0.2) is 4.99 Å². The molecule has 0 atom stereocenters. The summed E-state index contributed by atoms with van der Waals surface area (Å²) in [7, 11) is 2.18. The standard InChI is InChI=1S/C20H33N5OS.C7H14.C2H6/c1-14(2)17-18(23-21)19(16(4)26)27-20(17)22-15(3)8-6-7-9-25-12-10-24(5)11-13-25;1-7(2,3)6-4-5-6;1-2/h8,23H,6-7,9-13,21H2,1-5H3;6H,4-5H2,1-3H3;1-2H3/b15-8+,22-20?;;. The van der Waals surface area contributed by atoms with Gasteiger partial charge in [0.1, 0.15) is 5.04 Å². The van der Waals surface area contributed by atoms with Gasteiger partial charge in [0.15, 0.2) is 5.78 Å². The Bertz CT molecular complexity index is 834. The van der Waals surface area contributed by atoms with Crippen molar-refractivity contribution in [3.63, 3.8) is 0 Å². The minimum absolute atomic E-state index is 0.00529. The molecular weight excluding hydrogens is 466 g/mol. The summed E-state index contributed by atoms with van der Waals surface area (Å²) in [5.74, 6) is 6.73. The van der Waals surface area contributed by atoms with E-state index < -0.39 is 0 Å². The molecular formula is C29H53N5OS. The third-order valence-electron chi connectivity index (χ3n) is 6.65. The number of hydrazine groups is 1. The fraction of sp³-hybridized carbons (Fsp3) is 0.724. The number of unbranched alkanes of at least 4 members (excludes halogenated alkanes) is 1. The third kappa shape index (κ3) is 10.9. The van der Waals surface area contributed by atoms with Crippen molar-refractivity contribution in [1.29, 1.82) is 0 Å². The first-order valence-electron chi connectivity index (χ1n) is 13.7. The Morgan fingerprint density at radius 2 is 1.69 bits per heavy atom. The van der Waals surface area contributed by atoms with Crippen LogP contribution in [0, 0.1) is 11.3 Å². The van der Waals surface area contributed by atoms with Gasteiger partial charge in [-0.05, 0) is 78.3 Å². The lowest BCUT2D eigenvalue weighted by atomic mass is 9.91. The molecule has 0 aromatic carbocycles. The van der Waals surface area contributed by atoms with Crippen LogP contribution in [0.3, 0.4) is 0 Å². The van der Waals surface area contributed by atoms with E-state index in [2.05, 4.69) is 49.1 Å². The molecule has 0 aromatic rings. The number of likely N-dealkylation sites (N-methyl/N-ethyl adjacent to an activating group) is 1. The highest BCUT2D eigenvalue weighted by molar-refractivity contribution is 8.19. The summed E-state index contributed by atoms with van der Waals surface area (Å²) in [6.07, 6.45) is 7.29. The Labute approximate surface area is 225 Å². The van der Waals surface area contributed by atoms with Gasteiger partial charge in [-0.2, -0.15) is 0 Å². The van der Waals surface area contributed by atoms with Gasteiger partial charge in [-0.3, -0.25) is 10.6 Å². The van der Waals surface area contributed by atoms with Gasteiger partial charge in [0, 0.05) is 37.4 Å². The molecule has 7 heteroatoms. The number of nitrogens with zero attached hydrogens (tertiary/aromatic N) is 3. The summed E-state index contributed by atoms with van der Waals surface area (Å²) >= 11 is 1.40. The number of rotatable bonds is 7. The molecule has 0 spiro atoms. The number of hydrogen-bond acceptors (Lipinski definition) is 7. The van der Waals surface area contributed by atoms with Crippen LogP contribution < -0.4 is 11.3 Å². The predicted octanol–water partition coefficient (Wildman–Crippen LogP) is 6.13. The lowest BCUT2D eigenvalue weighted by Gasteiger charge is -2.32. The molecule has 1 aliphatic carbocycles. The smallest absolute Gasteiger partial charge is 0.168 e. The third-order valence-corrected chi connectivity index (χ3v) is 7.83. The second kappa shape index (κ2) is 15.8. The summed E-state index contributed by atoms with van der Waals surface area (Å²) in [6.45, 7) is 24.4. The summed E-state index contributed by atoms with van der Waals surface area (Å²) < 4.78 is 0. The average Bonchev–Trinajstić information content (AvgIpc) is 3.62. The molecule has 0 unspecified atom stereocenters. The predicted molar refractivity (Wildman–Crippen MR) is 159 cm³/mol. The molecule has 0 aromatic heterocycles. The maximum Gasteiger partial charge on any atom is 0.168 e. The van der Waals surface area contributed by atoms with Gasteiger partial charge in [-0.15, -0.1) is 0 Å². The molecule has 2 heterocycles. The lowest BCUT2D eigenvalue weighted by Crippen LogP contribution is -2.44. The maximum atomic E-state index is 11.9. The van der Waals surface area contributed by atoms with E-state index in [9.17, 15) is 4.79 Å². The van der Waals surface area contributed by atoms with E-state index in [0.29, 0.717) is 16.0 Å². The van der Waals surface area contributed by atoms with Crippen molar-refractivity contribution >= 4 is 22.6 Å². The molecule has 1 saturated heterocycles. The van der Waals surface area contributed by atoms with Crippen LogP contribution in [-0.4, -0.2) is 60.4 Å². The molecule has 2 aliphatic heterocycles. The highest BCUT2D eigenvalue weighted by atomic mass is 32.2. The first-order chi connectivity index (χ1) is 16.9. The molecule has 0 amide bonds. The summed E-state index contributed by atoms with van der Waals surface area (Å²) in [5, 5.41) is 0.848. The number of carbonyl (C=O) groups excluding carboxylic acids is 1. The normalized spacial score (nSPS) is 20.6. The highest BCUT2D eigenvalue weighted by Crippen LogP contribution is 2.44. The van der Waals surface area contributed by atoms with Gasteiger partial charge in [0.2, 0.25) is 0 Å². The zero-order valence-electron chi connectivity index (χ0n) is 24.8. The van der Waals surface area contributed by atoms with E-state index in [1.54, 1.807) is 6.92 Å². The lowest BCUT2D eigenvalue weighted by molar-refractivity contribution is -0.113. The number of nitrogens with two attached hydrogens (primary N) is 1. The number of allylic oxidation sites excluding steroid dienone is 5. The van der Waals surface area contributed by atoms with Crippen LogP contribution in [0.5, 0.6) is 0 Å². The van der Waals surface area contributed by atoms with Crippen molar-refractivity contribution in [1.82, 2.24) is 15.2 Å². The van der Waals surface area contributed by atoms with Gasteiger partial charge in [-0.1, -0.05) is 58.0 Å². The van der Waals surface area contributed by atoms with Gasteiger partial charge >= 0.3 is 0 Å². The highest BCUT2D eigenvalue weighted by Gasteiger charge is 2.33.